The molecular formula is C14H24N2O3S2. The molecule has 1 aliphatic rings. The maximum atomic E-state index is 12.7. The van der Waals surface area contributed by atoms with Gasteiger partial charge in [0.1, 0.15) is 4.21 Å². The fourth-order valence-corrected chi connectivity index (χ4v) is 5.24. The molecular weight excluding hydrogens is 308 g/mol. The summed E-state index contributed by atoms with van der Waals surface area (Å²) in [5.41, 5.74) is -0.426. The number of sulfonamides is 1. The predicted molar refractivity (Wildman–Crippen MR) is 85.1 cm³/mol. The lowest BCUT2D eigenvalue weighted by Gasteiger charge is -2.37. The second-order valence-electron chi connectivity index (χ2n) is 6.20. The monoisotopic (exact) mass is 332 g/mol. The summed E-state index contributed by atoms with van der Waals surface area (Å²) in [6.45, 7) is 9.94. The first-order chi connectivity index (χ1) is 9.71. The van der Waals surface area contributed by atoms with Crippen LogP contribution in [0.25, 0.3) is 0 Å². The van der Waals surface area contributed by atoms with E-state index in [-0.39, 0.29) is 0 Å². The van der Waals surface area contributed by atoms with Crippen LogP contribution in [0.2, 0.25) is 0 Å². The van der Waals surface area contributed by atoms with Crippen molar-refractivity contribution in [3.63, 3.8) is 0 Å². The van der Waals surface area contributed by atoms with Gasteiger partial charge in [0.2, 0.25) is 0 Å². The fourth-order valence-electron chi connectivity index (χ4n) is 2.20. The molecule has 0 aliphatic carbocycles. The quantitative estimate of drug-likeness (QED) is 0.896. The summed E-state index contributed by atoms with van der Waals surface area (Å²) in [4.78, 5) is 1.04. The van der Waals surface area contributed by atoms with E-state index in [9.17, 15) is 8.42 Å². The summed E-state index contributed by atoms with van der Waals surface area (Å²) in [6, 6.07) is 3.98. The lowest BCUT2D eigenvalue weighted by molar-refractivity contribution is -0.0639. The van der Waals surface area contributed by atoms with Gasteiger partial charge in [0.15, 0.2) is 0 Å². The summed E-state index contributed by atoms with van der Waals surface area (Å²) in [6.07, 6.45) is 0. The Bertz CT molecular complexity index is 579. The van der Waals surface area contributed by atoms with Gasteiger partial charge in [0, 0.05) is 30.6 Å². The molecule has 0 aromatic carbocycles. The Balaban J connectivity index is 2.12. The molecule has 120 valence electrons. The average Bonchev–Trinajstić information content (AvgIpc) is 2.84. The van der Waals surface area contributed by atoms with E-state index in [0.29, 0.717) is 36.5 Å². The minimum atomic E-state index is -3.41. The van der Waals surface area contributed by atoms with Crippen LogP contribution >= 0.6 is 11.3 Å². The molecule has 0 bridgehead atoms. The Kier molecular flexibility index (Phi) is 5.10. The molecule has 0 radical (unpaired) electrons. The van der Waals surface area contributed by atoms with E-state index >= 15 is 0 Å². The standard InChI is InChI=1S/C14H24N2O3S2/c1-11(2)15-9-12-5-6-13(20-12)21(17,18)16-7-8-19-14(3,4)10-16/h5-6,11,15H,7-10H2,1-4H3. The van der Waals surface area contributed by atoms with Crippen molar-refractivity contribution in [3.05, 3.63) is 17.0 Å². The van der Waals surface area contributed by atoms with Crippen LogP contribution in [-0.4, -0.2) is 44.1 Å². The van der Waals surface area contributed by atoms with Crippen molar-refractivity contribution in [3.8, 4) is 0 Å². The number of hydrogen-bond acceptors (Lipinski definition) is 5. The third-order valence-electron chi connectivity index (χ3n) is 3.31. The van der Waals surface area contributed by atoms with Crippen molar-refractivity contribution >= 4 is 21.4 Å². The number of rotatable bonds is 5. The molecule has 1 saturated heterocycles. The summed E-state index contributed by atoms with van der Waals surface area (Å²) >= 11 is 1.34. The molecule has 0 saturated carbocycles. The first-order valence-corrected chi connectivity index (χ1v) is 9.42. The van der Waals surface area contributed by atoms with Crippen molar-refractivity contribution in [2.75, 3.05) is 19.7 Å². The largest absolute Gasteiger partial charge is 0.373 e. The minimum Gasteiger partial charge on any atom is -0.373 e. The van der Waals surface area contributed by atoms with Gasteiger partial charge in [-0.25, -0.2) is 8.42 Å². The Hall–Kier alpha value is -0.470. The molecule has 0 unspecified atom stereocenters. The zero-order valence-electron chi connectivity index (χ0n) is 13.0. The Morgan fingerprint density at radius 1 is 1.43 bits per heavy atom. The maximum absolute atomic E-state index is 12.7. The van der Waals surface area contributed by atoms with Crippen LogP contribution in [-0.2, 0) is 21.3 Å². The Morgan fingerprint density at radius 3 is 2.76 bits per heavy atom. The highest BCUT2D eigenvalue weighted by Gasteiger charge is 2.35. The van der Waals surface area contributed by atoms with Crippen molar-refractivity contribution in [1.82, 2.24) is 9.62 Å². The molecule has 0 atom stereocenters. The summed E-state index contributed by atoms with van der Waals surface area (Å²) in [7, 11) is -3.41. The van der Waals surface area contributed by atoms with E-state index in [1.165, 1.54) is 15.6 Å². The zero-order valence-corrected chi connectivity index (χ0v) is 14.7. The van der Waals surface area contributed by atoms with Crippen LogP contribution in [0.15, 0.2) is 16.3 Å². The number of nitrogens with one attached hydrogen (secondary N) is 1. The maximum Gasteiger partial charge on any atom is 0.252 e. The van der Waals surface area contributed by atoms with E-state index < -0.39 is 15.6 Å². The summed E-state index contributed by atoms with van der Waals surface area (Å²) < 4.78 is 32.9. The van der Waals surface area contributed by atoms with Crippen LogP contribution < -0.4 is 5.32 Å². The van der Waals surface area contributed by atoms with Gasteiger partial charge in [-0.2, -0.15) is 4.31 Å². The van der Waals surface area contributed by atoms with E-state index in [1.54, 1.807) is 6.07 Å². The highest BCUT2D eigenvalue weighted by atomic mass is 32.2. The average molecular weight is 332 g/mol. The smallest absolute Gasteiger partial charge is 0.252 e. The van der Waals surface area contributed by atoms with Gasteiger partial charge in [-0.05, 0) is 26.0 Å². The third-order valence-corrected chi connectivity index (χ3v) is 6.70. The van der Waals surface area contributed by atoms with Crippen molar-refractivity contribution in [2.24, 2.45) is 0 Å². The molecule has 1 N–H and O–H groups in total. The van der Waals surface area contributed by atoms with Crippen molar-refractivity contribution in [2.45, 2.75) is 50.1 Å². The van der Waals surface area contributed by atoms with E-state index in [2.05, 4.69) is 19.2 Å². The number of nitrogens with zero attached hydrogens (tertiary/aromatic N) is 1. The first-order valence-electron chi connectivity index (χ1n) is 7.17. The van der Waals surface area contributed by atoms with Crippen LogP contribution in [0.5, 0.6) is 0 Å². The number of morpholine rings is 1. The van der Waals surface area contributed by atoms with Gasteiger partial charge in [-0.15, -0.1) is 11.3 Å². The lowest BCUT2D eigenvalue weighted by Crippen LogP contribution is -2.50. The molecule has 5 nitrogen and oxygen atoms in total. The summed E-state index contributed by atoms with van der Waals surface area (Å²) in [5.74, 6) is 0. The number of thiophene rings is 1. The fraction of sp³-hybridized carbons (Fsp3) is 0.714. The van der Waals surface area contributed by atoms with E-state index in [1.807, 2.05) is 19.9 Å². The molecule has 2 rings (SSSR count). The highest BCUT2D eigenvalue weighted by molar-refractivity contribution is 7.91. The molecule has 1 aromatic heterocycles. The molecule has 21 heavy (non-hydrogen) atoms. The van der Waals surface area contributed by atoms with E-state index in [0.717, 1.165) is 4.88 Å². The second-order valence-corrected chi connectivity index (χ2v) is 9.54. The van der Waals surface area contributed by atoms with Gasteiger partial charge in [-0.3, -0.25) is 0 Å². The molecule has 7 heteroatoms. The molecule has 0 amide bonds. The van der Waals surface area contributed by atoms with Crippen LogP contribution in [0, 0.1) is 0 Å². The molecule has 2 heterocycles. The minimum absolute atomic E-state index is 0.382. The second kappa shape index (κ2) is 6.34. The summed E-state index contributed by atoms with van der Waals surface area (Å²) in [5, 5.41) is 3.30. The molecule has 1 aromatic rings. The van der Waals surface area contributed by atoms with Crippen LogP contribution in [0.4, 0.5) is 0 Å². The third kappa shape index (κ3) is 4.26. The van der Waals surface area contributed by atoms with Gasteiger partial charge in [-0.1, -0.05) is 13.8 Å². The van der Waals surface area contributed by atoms with Crippen LogP contribution in [0.1, 0.15) is 32.6 Å². The van der Waals surface area contributed by atoms with Gasteiger partial charge < -0.3 is 10.1 Å². The Labute approximate surface area is 131 Å². The number of hydrogen-bond donors (Lipinski definition) is 1. The number of ether oxygens (including phenoxy) is 1. The Morgan fingerprint density at radius 2 is 2.14 bits per heavy atom. The topological polar surface area (TPSA) is 58.6 Å². The predicted octanol–water partition coefficient (Wildman–Crippen LogP) is 2.05. The first kappa shape index (κ1) is 16.9. The normalized spacial score (nSPS) is 20.0. The lowest BCUT2D eigenvalue weighted by atomic mass is 10.1. The van der Waals surface area contributed by atoms with Gasteiger partial charge in [0.25, 0.3) is 10.0 Å². The molecule has 1 fully saturated rings. The van der Waals surface area contributed by atoms with Crippen molar-refractivity contribution < 1.29 is 13.2 Å². The van der Waals surface area contributed by atoms with Gasteiger partial charge in [0.05, 0.1) is 12.2 Å². The SMILES string of the molecule is CC(C)NCc1ccc(S(=O)(=O)N2CCOC(C)(C)C2)s1. The van der Waals surface area contributed by atoms with E-state index in [4.69, 9.17) is 4.74 Å². The molecule has 0 spiro atoms. The van der Waals surface area contributed by atoms with Gasteiger partial charge >= 0.3 is 0 Å². The van der Waals surface area contributed by atoms with Crippen LogP contribution in [0.3, 0.4) is 0 Å². The van der Waals surface area contributed by atoms with Crippen molar-refractivity contribution in [1.29, 1.82) is 0 Å². The molecule has 1 aliphatic heterocycles. The zero-order chi connectivity index (χ0) is 15.7. The highest BCUT2D eigenvalue weighted by Crippen LogP contribution is 2.28.